The van der Waals surface area contributed by atoms with Crippen LogP contribution in [0.2, 0.25) is 0 Å². The first-order valence-electron chi connectivity index (χ1n) is 6.87. The van der Waals surface area contributed by atoms with E-state index in [0.29, 0.717) is 13.1 Å². The number of piperazine rings is 1. The molecule has 21 heavy (non-hydrogen) atoms. The maximum atomic E-state index is 13.5. The van der Waals surface area contributed by atoms with Crippen LogP contribution in [-0.4, -0.2) is 61.5 Å². The van der Waals surface area contributed by atoms with Crippen molar-refractivity contribution in [2.24, 2.45) is 5.73 Å². The minimum atomic E-state index is -0.780. The van der Waals surface area contributed by atoms with Gasteiger partial charge in [-0.25, -0.2) is 8.78 Å². The molecule has 0 spiro atoms. The maximum absolute atomic E-state index is 13.5. The second-order valence-corrected chi connectivity index (χ2v) is 5.27. The SMILES string of the molecule is CN1CCN(CC(=O)Nc2c(F)cccc2F)C(CN)C1. The van der Waals surface area contributed by atoms with E-state index in [1.165, 1.54) is 6.07 Å². The highest BCUT2D eigenvalue weighted by molar-refractivity contribution is 5.92. The Kier molecular flexibility index (Phi) is 5.22. The average Bonchev–Trinajstić information content (AvgIpc) is 2.45. The van der Waals surface area contributed by atoms with Gasteiger partial charge in [0.05, 0.1) is 6.54 Å². The molecule has 1 heterocycles. The molecule has 0 aliphatic carbocycles. The summed E-state index contributed by atoms with van der Waals surface area (Å²) in [7, 11) is 1.99. The standard InChI is InChI=1S/C14H20F2N4O/c1-19-5-6-20(10(7-17)8-19)9-13(21)18-14-11(15)3-2-4-12(14)16/h2-4,10H,5-9,17H2,1H3,(H,18,21). The number of likely N-dealkylation sites (N-methyl/N-ethyl adjacent to an activating group) is 1. The van der Waals surface area contributed by atoms with Gasteiger partial charge in [-0.3, -0.25) is 9.69 Å². The van der Waals surface area contributed by atoms with Crippen molar-refractivity contribution in [2.75, 3.05) is 45.1 Å². The summed E-state index contributed by atoms with van der Waals surface area (Å²) in [4.78, 5) is 16.1. The second-order valence-electron chi connectivity index (χ2n) is 5.27. The highest BCUT2D eigenvalue weighted by Crippen LogP contribution is 2.18. The van der Waals surface area contributed by atoms with E-state index in [1.54, 1.807) is 0 Å². The van der Waals surface area contributed by atoms with Crippen LogP contribution in [0.3, 0.4) is 0 Å². The molecule has 1 atom stereocenters. The van der Waals surface area contributed by atoms with Gasteiger partial charge in [-0.2, -0.15) is 0 Å². The van der Waals surface area contributed by atoms with Gasteiger partial charge in [-0.15, -0.1) is 0 Å². The number of hydrogen-bond acceptors (Lipinski definition) is 4. The zero-order valence-electron chi connectivity index (χ0n) is 12.0. The predicted octanol–water partition coefficient (Wildman–Crippen LogP) is 0.478. The zero-order valence-corrected chi connectivity index (χ0v) is 12.0. The molecule has 1 unspecified atom stereocenters. The number of rotatable bonds is 4. The average molecular weight is 298 g/mol. The van der Waals surface area contributed by atoms with E-state index in [9.17, 15) is 13.6 Å². The summed E-state index contributed by atoms with van der Waals surface area (Å²) in [5, 5.41) is 2.30. The van der Waals surface area contributed by atoms with E-state index in [-0.39, 0.29) is 12.6 Å². The highest BCUT2D eigenvalue weighted by Gasteiger charge is 2.26. The van der Waals surface area contributed by atoms with Gasteiger partial charge in [0.2, 0.25) is 5.91 Å². The minimum Gasteiger partial charge on any atom is -0.329 e. The molecule has 1 aromatic rings. The van der Waals surface area contributed by atoms with E-state index < -0.39 is 23.2 Å². The lowest BCUT2D eigenvalue weighted by Gasteiger charge is -2.39. The number of nitrogens with two attached hydrogens (primary N) is 1. The molecule has 0 saturated carbocycles. The van der Waals surface area contributed by atoms with Crippen molar-refractivity contribution in [2.45, 2.75) is 6.04 Å². The summed E-state index contributed by atoms with van der Waals surface area (Å²) in [6.07, 6.45) is 0. The summed E-state index contributed by atoms with van der Waals surface area (Å²) in [5.74, 6) is -2.00. The van der Waals surface area contributed by atoms with Crippen LogP contribution in [0.1, 0.15) is 0 Å². The van der Waals surface area contributed by atoms with Crippen molar-refractivity contribution < 1.29 is 13.6 Å². The first kappa shape index (κ1) is 15.8. The third kappa shape index (κ3) is 3.96. The van der Waals surface area contributed by atoms with Crippen molar-refractivity contribution in [1.29, 1.82) is 0 Å². The first-order valence-corrected chi connectivity index (χ1v) is 6.87. The Morgan fingerprint density at radius 2 is 2.05 bits per heavy atom. The van der Waals surface area contributed by atoms with Crippen molar-refractivity contribution in [3.63, 3.8) is 0 Å². The van der Waals surface area contributed by atoms with Gasteiger partial charge in [0, 0.05) is 32.2 Å². The lowest BCUT2D eigenvalue weighted by atomic mass is 10.1. The van der Waals surface area contributed by atoms with Crippen LogP contribution in [0.5, 0.6) is 0 Å². The topological polar surface area (TPSA) is 61.6 Å². The number of carbonyl (C=O) groups excluding carboxylic acids is 1. The van der Waals surface area contributed by atoms with E-state index in [1.807, 2.05) is 11.9 Å². The van der Waals surface area contributed by atoms with Gasteiger partial charge < -0.3 is 16.0 Å². The number of para-hydroxylation sites is 1. The van der Waals surface area contributed by atoms with Crippen LogP contribution in [0, 0.1) is 11.6 Å². The van der Waals surface area contributed by atoms with Crippen molar-refractivity contribution in [3.8, 4) is 0 Å². The van der Waals surface area contributed by atoms with Crippen LogP contribution in [0.4, 0.5) is 14.5 Å². The van der Waals surface area contributed by atoms with Crippen LogP contribution in [0.25, 0.3) is 0 Å². The molecule has 116 valence electrons. The van der Waals surface area contributed by atoms with E-state index >= 15 is 0 Å². The largest absolute Gasteiger partial charge is 0.329 e. The number of nitrogens with one attached hydrogen (secondary N) is 1. The molecule has 1 amide bonds. The molecule has 1 fully saturated rings. The van der Waals surface area contributed by atoms with Crippen molar-refractivity contribution in [3.05, 3.63) is 29.8 Å². The number of halogens is 2. The highest BCUT2D eigenvalue weighted by atomic mass is 19.1. The fraction of sp³-hybridized carbons (Fsp3) is 0.500. The molecular formula is C14H20F2N4O. The molecule has 2 rings (SSSR count). The Bertz CT molecular complexity index is 491. The molecule has 1 aliphatic rings. The molecule has 1 saturated heterocycles. The molecule has 0 radical (unpaired) electrons. The Labute approximate surface area is 122 Å². The minimum absolute atomic E-state index is 0.0694. The van der Waals surface area contributed by atoms with Gasteiger partial charge in [-0.05, 0) is 19.2 Å². The Morgan fingerprint density at radius 1 is 1.38 bits per heavy atom. The van der Waals surface area contributed by atoms with Gasteiger partial charge in [-0.1, -0.05) is 6.07 Å². The summed E-state index contributed by atoms with van der Waals surface area (Å²) in [6.45, 7) is 2.82. The molecule has 0 bridgehead atoms. The smallest absolute Gasteiger partial charge is 0.238 e. The van der Waals surface area contributed by atoms with Crippen molar-refractivity contribution in [1.82, 2.24) is 9.80 Å². The van der Waals surface area contributed by atoms with Gasteiger partial charge >= 0.3 is 0 Å². The quantitative estimate of drug-likeness (QED) is 0.849. The third-order valence-electron chi connectivity index (χ3n) is 3.65. The molecule has 0 aromatic heterocycles. The molecule has 1 aromatic carbocycles. The number of anilines is 1. The van der Waals surface area contributed by atoms with E-state index in [2.05, 4.69) is 10.2 Å². The molecule has 3 N–H and O–H groups in total. The number of carbonyl (C=O) groups is 1. The zero-order chi connectivity index (χ0) is 15.4. The monoisotopic (exact) mass is 298 g/mol. The molecule has 5 nitrogen and oxygen atoms in total. The Hall–Kier alpha value is -1.57. The fourth-order valence-corrected chi connectivity index (χ4v) is 2.46. The summed E-state index contributed by atoms with van der Waals surface area (Å²) < 4.78 is 27.0. The normalized spacial score (nSPS) is 20.5. The lowest BCUT2D eigenvalue weighted by Crippen LogP contribution is -2.56. The summed E-state index contributed by atoms with van der Waals surface area (Å²) in [5.41, 5.74) is 5.31. The molecular weight excluding hydrogens is 278 g/mol. The molecule has 1 aliphatic heterocycles. The molecule has 7 heteroatoms. The van der Waals surface area contributed by atoms with Crippen molar-refractivity contribution >= 4 is 11.6 Å². The Balaban J connectivity index is 1.98. The number of benzene rings is 1. The van der Waals surface area contributed by atoms with Crippen LogP contribution in [-0.2, 0) is 4.79 Å². The lowest BCUT2D eigenvalue weighted by molar-refractivity contribution is -0.118. The number of hydrogen-bond donors (Lipinski definition) is 2. The van der Waals surface area contributed by atoms with Gasteiger partial charge in [0.25, 0.3) is 0 Å². The first-order chi connectivity index (χ1) is 10.0. The van der Waals surface area contributed by atoms with E-state index in [0.717, 1.165) is 25.2 Å². The number of nitrogens with zero attached hydrogens (tertiary/aromatic N) is 2. The number of amides is 1. The predicted molar refractivity (Wildman–Crippen MR) is 76.9 cm³/mol. The van der Waals surface area contributed by atoms with Gasteiger partial charge in [0.1, 0.15) is 17.3 Å². The maximum Gasteiger partial charge on any atom is 0.238 e. The second kappa shape index (κ2) is 6.93. The van der Waals surface area contributed by atoms with Crippen LogP contribution in [0.15, 0.2) is 18.2 Å². The summed E-state index contributed by atoms with van der Waals surface area (Å²) >= 11 is 0. The Morgan fingerprint density at radius 3 is 2.67 bits per heavy atom. The van der Waals surface area contributed by atoms with E-state index in [4.69, 9.17) is 5.73 Å². The third-order valence-corrected chi connectivity index (χ3v) is 3.65. The summed E-state index contributed by atoms with van der Waals surface area (Å²) in [6, 6.07) is 3.54. The van der Waals surface area contributed by atoms with Crippen LogP contribution >= 0.6 is 0 Å². The van der Waals surface area contributed by atoms with Gasteiger partial charge in [0.15, 0.2) is 0 Å². The van der Waals surface area contributed by atoms with Crippen LogP contribution < -0.4 is 11.1 Å². The fourth-order valence-electron chi connectivity index (χ4n) is 2.46.